The van der Waals surface area contributed by atoms with Gasteiger partial charge in [-0.25, -0.2) is 0 Å². The van der Waals surface area contributed by atoms with Crippen LogP contribution in [0.1, 0.15) is 11.3 Å². The van der Waals surface area contributed by atoms with Crippen LogP contribution in [0.2, 0.25) is 0 Å². The SMILES string of the molecule is Cc1c2cc(CN)cc(Br)c2nn1C. The Morgan fingerprint density at radius 3 is 2.86 bits per heavy atom. The molecule has 4 heteroatoms. The van der Waals surface area contributed by atoms with Gasteiger partial charge in [-0.1, -0.05) is 0 Å². The van der Waals surface area contributed by atoms with Gasteiger partial charge in [0.2, 0.25) is 0 Å². The minimum absolute atomic E-state index is 0.558. The van der Waals surface area contributed by atoms with Crippen molar-refractivity contribution in [1.82, 2.24) is 9.78 Å². The van der Waals surface area contributed by atoms with E-state index < -0.39 is 0 Å². The van der Waals surface area contributed by atoms with E-state index in [9.17, 15) is 0 Å². The number of benzene rings is 1. The molecule has 0 bridgehead atoms. The Balaban J connectivity index is 2.83. The first-order chi connectivity index (χ1) is 6.63. The zero-order valence-electron chi connectivity index (χ0n) is 8.21. The van der Waals surface area contributed by atoms with Gasteiger partial charge in [-0.3, -0.25) is 4.68 Å². The number of hydrogen-bond acceptors (Lipinski definition) is 2. The van der Waals surface area contributed by atoms with Crippen molar-refractivity contribution < 1.29 is 0 Å². The quantitative estimate of drug-likeness (QED) is 0.846. The maximum absolute atomic E-state index is 5.62. The zero-order chi connectivity index (χ0) is 10.3. The molecule has 1 heterocycles. The van der Waals surface area contributed by atoms with Gasteiger partial charge in [0.1, 0.15) is 5.52 Å². The summed E-state index contributed by atoms with van der Waals surface area (Å²) >= 11 is 3.50. The second-order valence-electron chi connectivity index (χ2n) is 3.39. The average Bonchev–Trinajstić information content (AvgIpc) is 2.45. The van der Waals surface area contributed by atoms with Crippen LogP contribution >= 0.6 is 15.9 Å². The van der Waals surface area contributed by atoms with Crippen LogP contribution in [0.5, 0.6) is 0 Å². The Morgan fingerprint density at radius 2 is 2.21 bits per heavy atom. The molecule has 0 amide bonds. The van der Waals surface area contributed by atoms with E-state index in [1.807, 2.05) is 17.8 Å². The summed E-state index contributed by atoms with van der Waals surface area (Å²) in [5.74, 6) is 0. The molecule has 0 radical (unpaired) electrons. The van der Waals surface area contributed by atoms with E-state index in [1.165, 1.54) is 5.39 Å². The van der Waals surface area contributed by atoms with E-state index in [1.54, 1.807) is 0 Å². The van der Waals surface area contributed by atoms with Crippen LogP contribution in [-0.4, -0.2) is 9.78 Å². The van der Waals surface area contributed by atoms with Crippen LogP contribution in [0.25, 0.3) is 10.9 Å². The van der Waals surface area contributed by atoms with Crippen molar-refractivity contribution in [3.63, 3.8) is 0 Å². The van der Waals surface area contributed by atoms with E-state index in [0.29, 0.717) is 6.54 Å². The standard InChI is InChI=1S/C10H12BrN3/c1-6-8-3-7(5-12)4-9(11)10(8)13-14(6)2/h3-4H,5,12H2,1-2H3. The fourth-order valence-electron chi connectivity index (χ4n) is 1.55. The van der Waals surface area contributed by atoms with Gasteiger partial charge in [-0.15, -0.1) is 0 Å². The summed E-state index contributed by atoms with van der Waals surface area (Å²) < 4.78 is 2.90. The molecule has 14 heavy (non-hydrogen) atoms. The molecule has 2 aromatic rings. The molecule has 0 fully saturated rings. The van der Waals surface area contributed by atoms with Gasteiger partial charge in [-0.05, 0) is 40.5 Å². The first-order valence-corrected chi connectivity index (χ1v) is 5.24. The number of hydrogen-bond donors (Lipinski definition) is 1. The van der Waals surface area contributed by atoms with Crippen molar-refractivity contribution in [1.29, 1.82) is 0 Å². The zero-order valence-corrected chi connectivity index (χ0v) is 9.80. The van der Waals surface area contributed by atoms with Crippen LogP contribution in [0.15, 0.2) is 16.6 Å². The van der Waals surface area contributed by atoms with E-state index in [2.05, 4.69) is 34.0 Å². The van der Waals surface area contributed by atoms with Gasteiger partial charge in [0.25, 0.3) is 0 Å². The van der Waals surface area contributed by atoms with E-state index >= 15 is 0 Å². The number of fused-ring (bicyclic) bond motifs is 1. The highest BCUT2D eigenvalue weighted by Gasteiger charge is 2.08. The smallest absolute Gasteiger partial charge is 0.107 e. The largest absolute Gasteiger partial charge is 0.326 e. The highest BCUT2D eigenvalue weighted by molar-refractivity contribution is 9.10. The number of aryl methyl sites for hydroxylation is 2. The Bertz CT molecular complexity index is 488. The molecule has 0 unspecified atom stereocenters. The van der Waals surface area contributed by atoms with Gasteiger partial charge in [-0.2, -0.15) is 5.10 Å². The van der Waals surface area contributed by atoms with Crippen LogP contribution < -0.4 is 5.73 Å². The normalized spacial score (nSPS) is 11.1. The van der Waals surface area contributed by atoms with Crippen LogP contribution in [-0.2, 0) is 13.6 Å². The molecule has 2 rings (SSSR count). The van der Waals surface area contributed by atoms with Crippen LogP contribution in [0, 0.1) is 6.92 Å². The fraction of sp³-hybridized carbons (Fsp3) is 0.300. The molecule has 0 aliphatic rings. The first-order valence-electron chi connectivity index (χ1n) is 4.45. The number of rotatable bonds is 1. The molecule has 0 atom stereocenters. The molecule has 0 spiro atoms. The monoisotopic (exact) mass is 253 g/mol. The van der Waals surface area contributed by atoms with Gasteiger partial charge in [0.05, 0.1) is 0 Å². The summed E-state index contributed by atoms with van der Waals surface area (Å²) in [6.45, 7) is 2.62. The second kappa shape index (κ2) is 3.37. The number of nitrogens with zero attached hydrogens (tertiary/aromatic N) is 2. The molecular formula is C10H12BrN3. The van der Waals surface area contributed by atoms with Gasteiger partial charge in [0.15, 0.2) is 0 Å². The molecule has 74 valence electrons. The maximum Gasteiger partial charge on any atom is 0.107 e. The highest BCUT2D eigenvalue weighted by Crippen LogP contribution is 2.26. The van der Waals surface area contributed by atoms with Crippen molar-refractivity contribution >= 4 is 26.8 Å². The van der Waals surface area contributed by atoms with E-state index in [4.69, 9.17) is 5.73 Å². The third kappa shape index (κ3) is 1.35. The molecule has 0 aliphatic carbocycles. The Kier molecular flexibility index (Phi) is 2.33. The minimum Gasteiger partial charge on any atom is -0.326 e. The van der Waals surface area contributed by atoms with Crippen molar-refractivity contribution in [3.05, 3.63) is 27.9 Å². The summed E-state index contributed by atoms with van der Waals surface area (Å²) in [5.41, 5.74) is 8.91. The molecule has 0 saturated carbocycles. The predicted octanol–water partition coefficient (Wildman–Crippen LogP) is 2.10. The Hall–Kier alpha value is -0.870. The third-order valence-electron chi connectivity index (χ3n) is 2.48. The van der Waals surface area contributed by atoms with Crippen molar-refractivity contribution in [2.24, 2.45) is 12.8 Å². The third-order valence-corrected chi connectivity index (χ3v) is 3.09. The topological polar surface area (TPSA) is 43.8 Å². The Labute approximate surface area is 91.0 Å². The molecule has 3 nitrogen and oxygen atoms in total. The Morgan fingerprint density at radius 1 is 1.50 bits per heavy atom. The molecule has 0 saturated heterocycles. The number of aromatic nitrogens is 2. The summed E-state index contributed by atoms with van der Waals surface area (Å²) in [6.07, 6.45) is 0. The lowest BCUT2D eigenvalue weighted by Gasteiger charge is -1.99. The predicted molar refractivity (Wildman–Crippen MR) is 61.0 cm³/mol. The van der Waals surface area contributed by atoms with Crippen LogP contribution in [0.4, 0.5) is 0 Å². The minimum atomic E-state index is 0.558. The average molecular weight is 254 g/mol. The lowest BCUT2D eigenvalue weighted by Crippen LogP contribution is -1.95. The first kappa shape index (κ1) is 9.68. The molecule has 1 aromatic heterocycles. The number of nitrogens with two attached hydrogens (primary N) is 1. The maximum atomic E-state index is 5.62. The summed E-state index contributed by atoms with van der Waals surface area (Å²) in [5, 5.41) is 5.59. The van der Waals surface area contributed by atoms with Crippen molar-refractivity contribution in [3.8, 4) is 0 Å². The van der Waals surface area contributed by atoms with Gasteiger partial charge in [0, 0.05) is 29.1 Å². The molecular weight excluding hydrogens is 242 g/mol. The fourth-order valence-corrected chi connectivity index (χ4v) is 2.14. The second-order valence-corrected chi connectivity index (χ2v) is 4.24. The van der Waals surface area contributed by atoms with Crippen LogP contribution in [0.3, 0.4) is 0 Å². The highest BCUT2D eigenvalue weighted by atomic mass is 79.9. The molecule has 0 aliphatic heterocycles. The summed E-state index contributed by atoms with van der Waals surface area (Å²) in [4.78, 5) is 0. The molecule has 2 N–H and O–H groups in total. The molecule has 1 aromatic carbocycles. The lowest BCUT2D eigenvalue weighted by atomic mass is 10.1. The van der Waals surface area contributed by atoms with Gasteiger partial charge < -0.3 is 5.73 Å². The van der Waals surface area contributed by atoms with Crippen molar-refractivity contribution in [2.75, 3.05) is 0 Å². The van der Waals surface area contributed by atoms with Gasteiger partial charge >= 0.3 is 0 Å². The summed E-state index contributed by atoms with van der Waals surface area (Å²) in [7, 11) is 1.95. The number of halogens is 1. The van der Waals surface area contributed by atoms with E-state index in [0.717, 1.165) is 21.2 Å². The summed E-state index contributed by atoms with van der Waals surface area (Å²) in [6, 6.07) is 4.12. The lowest BCUT2D eigenvalue weighted by molar-refractivity contribution is 0.750. The van der Waals surface area contributed by atoms with Crippen molar-refractivity contribution in [2.45, 2.75) is 13.5 Å². The van der Waals surface area contributed by atoms with E-state index in [-0.39, 0.29) is 0 Å².